The lowest BCUT2D eigenvalue weighted by Gasteiger charge is -2.03. The van der Waals surface area contributed by atoms with Gasteiger partial charge in [-0.25, -0.2) is 4.99 Å². The number of hydrogen-bond acceptors (Lipinski definition) is 6. The van der Waals surface area contributed by atoms with Crippen LogP contribution in [0.15, 0.2) is 39.9 Å². The van der Waals surface area contributed by atoms with Crippen molar-refractivity contribution >= 4 is 23.6 Å². The molecule has 0 aliphatic rings. The highest BCUT2D eigenvalue weighted by Gasteiger charge is 2.17. The first-order chi connectivity index (χ1) is 10.5. The molecule has 0 amide bonds. The van der Waals surface area contributed by atoms with Crippen LogP contribution < -0.4 is 0 Å². The Balaban J connectivity index is 2.05. The number of furan rings is 1. The van der Waals surface area contributed by atoms with Gasteiger partial charge >= 0.3 is 5.88 Å². The van der Waals surface area contributed by atoms with Gasteiger partial charge in [0, 0.05) is 20.3 Å². The van der Waals surface area contributed by atoms with Crippen LogP contribution >= 0.6 is 0 Å². The highest BCUT2D eigenvalue weighted by atomic mass is 16.6. The first-order valence-electron chi connectivity index (χ1n) is 6.34. The highest BCUT2D eigenvalue weighted by molar-refractivity contribution is 5.63. The number of aliphatic imine (C=N–C) groups is 1. The minimum Gasteiger partial charge on any atom is -0.397 e. The Labute approximate surface area is 124 Å². The molecular weight excluding hydrogens is 288 g/mol. The molecule has 0 aliphatic carbocycles. The average Bonchev–Trinajstić information content (AvgIpc) is 3.10. The Morgan fingerprint density at radius 3 is 2.82 bits per heavy atom. The number of pyridine rings is 1. The fourth-order valence-electron chi connectivity index (χ4n) is 1.85. The fraction of sp³-hybridized carbons (Fsp3) is 0.154. The summed E-state index contributed by atoms with van der Waals surface area (Å²) in [6, 6.07) is 6.34. The van der Waals surface area contributed by atoms with Crippen molar-refractivity contribution in [2.75, 3.05) is 14.1 Å². The molecule has 0 radical (unpaired) electrons. The molecule has 3 rings (SSSR count). The lowest BCUT2D eigenvalue weighted by atomic mass is 10.4. The monoisotopic (exact) mass is 300 g/mol. The predicted octanol–water partition coefficient (Wildman–Crippen LogP) is 2.12. The Hall–Kier alpha value is -3.23. The van der Waals surface area contributed by atoms with E-state index in [1.807, 2.05) is 19.0 Å². The molecule has 22 heavy (non-hydrogen) atoms. The van der Waals surface area contributed by atoms with E-state index in [9.17, 15) is 10.1 Å². The van der Waals surface area contributed by atoms with Crippen LogP contribution in [0.2, 0.25) is 0 Å². The van der Waals surface area contributed by atoms with Crippen molar-refractivity contribution < 1.29 is 9.34 Å². The van der Waals surface area contributed by atoms with Crippen molar-refractivity contribution in [1.82, 2.24) is 19.5 Å². The SMILES string of the molecule is CN(C)C=Nc1ccc2nnc(-c3ccc([N+](=O)[O-])o3)n2c1. The van der Waals surface area contributed by atoms with Crippen molar-refractivity contribution in [1.29, 1.82) is 0 Å². The van der Waals surface area contributed by atoms with Crippen molar-refractivity contribution in [3.8, 4) is 11.6 Å². The molecule has 9 nitrogen and oxygen atoms in total. The molecule has 3 aromatic rings. The molecule has 3 aromatic heterocycles. The normalized spacial score (nSPS) is 11.4. The quantitative estimate of drug-likeness (QED) is 0.316. The van der Waals surface area contributed by atoms with Gasteiger partial charge in [-0.15, -0.1) is 10.2 Å². The molecule has 0 aromatic carbocycles. The smallest absolute Gasteiger partial charge is 0.397 e. The zero-order chi connectivity index (χ0) is 15.7. The molecule has 0 N–H and O–H groups in total. The van der Waals surface area contributed by atoms with Gasteiger partial charge < -0.3 is 9.32 Å². The Morgan fingerprint density at radius 1 is 1.32 bits per heavy atom. The number of fused-ring (bicyclic) bond motifs is 1. The molecule has 0 fully saturated rings. The van der Waals surface area contributed by atoms with E-state index in [1.165, 1.54) is 12.1 Å². The van der Waals surface area contributed by atoms with Crippen LogP contribution in [0.1, 0.15) is 0 Å². The Kier molecular flexibility index (Phi) is 3.30. The first kappa shape index (κ1) is 13.7. The summed E-state index contributed by atoms with van der Waals surface area (Å²) in [5.41, 5.74) is 1.29. The molecule has 0 atom stereocenters. The summed E-state index contributed by atoms with van der Waals surface area (Å²) in [5, 5.41) is 18.7. The van der Waals surface area contributed by atoms with E-state index in [2.05, 4.69) is 15.2 Å². The van der Waals surface area contributed by atoms with Gasteiger partial charge in [0.25, 0.3) is 0 Å². The number of aromatic nitrogens is 3. The highest BCUT2D eigenvalue weighted by Crippen LogP contribution is 2.26. The fourth-order valence-corrected chi connectivity index (χ4v) is 1.85. The minimum atomic E-state index is -0.598. The van der Waals surface area contributed by atoms with Gasteiger partial charge in [-0.3, -0.25) is 14.5 Å². The maximum atomic E-state index is 10.7. The van der Waals surface area contributed by atoms with Crippen LogP contribution in [0.4, 0.5) is 11.6 Å². The second kappa shape index (κ2) is 5.28. The summed E-state index contributed by atoms with van der Waals surface area (Å²) in [6.45, 7) is 0. The molecule has 0 spiro atoms. The maximum Gasteiger partial charge on any atom is 0.433 e. The van der Waals surface area contributed by atoms with Gasteiger partial charge in [0.1, 0.15) is 4.92 Å². The molecule has 112 valence electrons. The zero-order valence-corrected chi connectivity index (χ0v) is 11.9. The first-order valence-corrected chi connectivity index (χ1v) is 6.34. The maximum absolute atomic E-state index is 10.7. The second-order valence-corrected chi connectivity index (χ2v) is 4.74. The zero-order valence-electron chi connectivity index (χ0n) is 11.9. The second-order valence-electron chi connectivity index (χ2n) is 4.74. The van der Waals surface area contributed by atoms with E-state index in [0.29, 0.717) is 17.2 Å². The van der Waals surface area contributed by atoms with E-state index in [-0.39, 0.29) is 11.6 Å². The third kappa shape index (κ3) is 2.51. The van der Waals surface area contributed by atoms with Gasteiger partial charge in [-0.1, -0.05) is 0 Å². The summed E-state index contributed by atoms with van der Waals surface area (Å²) < 4.78 is 6.84. The molecule has 0 bridgehead atoms. The number of nitrogens with zero attached hydrogens (tertiary/aromatic N) is 6. The summed E-state index contributed by atoms with van der Waals surface area (Å²) in [6.07, 6.45) is 3.40. The van der Waals surface area contributed by atoms with Crippen molar-refractivity contribution in [3.05, 3.63) is 40.6 Å². The number of rotatable bonds is 4. The van der Waals surface area contributed by atoms with E-state index in [1.54, 1.807) is 29.1 Å². The molecule has 9 heteroatoms. The summed E-state index contributed by atoms with van der Waals surface area (Å²) in [7, 11) is 3.74. The lowest BCUT2D eigenvalue weighted by molar-refractivity contribution is -0.401. The van der Waals surface area contributed by atoms with Crippen LogP contribution in [0.3, 0.4) is 0 Å². The standard InChI is InChI=1S/C13H12N6O3/c1-17(2)8-14-9-3-5-11-15-16-13(18(11)7-9)10-4-6-12(22-10)19(20)21/h3-8H,1-2H3. The van der Waals surface area contributed by atoms with E-state index >= 15 is 0 Å². The minimum absolute atomic E-state index is 0.271. The van der Waals surface area contributed by atoms with Gasteiger partial charge in [0.15, 0.2) is 11.4 Å². The van der Waals surface area contributed by atoms with Crippen LogP contribution in [-0.4, -0.2) is 44.9 Å². The molecular formula is C13H12N6O3. The van der Waals surface area contributed by atoms with Crippen molar-refractivity contribution in [2.45, 2.75) is 0 Å². The van der Waals surface area contributed by atoms with E-state index in [4.69, 9.17) is 4.42 Å². The third-order valence-electron chi connectivity index (χ3n) is 2.82. The van der Waals surface area contributed by atoms with E-state index < -0.39 is 4.92 Å². The molecule has 0 saturated heterocycles. The van der Waals surface area contributed by atoms with E-state index in [0.717, 1.165) is 0 Å². The molecule has 0 aliphatic heterocycles. The summed E-state index contributed by atoms with van der Waals surface area (Å²) in [4.78, 5) is 16.2. The molecule has 0 unspecified atom stereocenters. The van der Waals surface area contributed by atoms with Crippen molar-refractivity contribution in [3.63, 3.8) is 0 Å². The average molecular weight is 300 g/mol. The van der Waals surface area contributed by atoms with Gasteiger partial charge in [0.05, 0.1) is 18.1 Å². The molecule has 3 heterocycles. The van der Waals surface area contributed by atoms with Gasteiger partial charge in [0.2, 0.25) is 5.82 Å². The Bertz CT molecular complexity index is 864. The van der Waals surface area contributed by atoms with Crippen molar-refractivity contribution in [2.24, 2.45) is 4.99 Å². The van der Waals surface area contributed by atoms with Crippen LogP contribution in [0.25, 0.3) is 17.2 Å². The summed E-state index contributed by atoms with van der Waals surface area (Å²) >= 11 is 0. The van der Waals surface area contributed by atoms with Crippen LogP contribution in [-0.2, 0) is 0 Å². The van der Waals surface area contributed by atoms with Gasteiger partial charge in [-0.2, -0.15) is 0 Å². The topological polar surface area (TPSA) is 102 Å². The molecule has 0 saturated carbocycles. The summed E-state index contributed by atoms with van der Waals surface area (Å²) in [5.74, 6) is 0.312. The number of nitro groups is 1. The van der Waals surface area contributed by atoms with Crippen LogP contribution in [0, 0.1) is 10.1 Å². The van der Waals surface area contributed by atoms with Gasteiger partial charge in [-0.05, 0) is 18.2 Å². The van der Waals surface area contributed by atoms with Crippen LogP contribution in [0.5, 0.6) is 0 Å². The predicted molar refractivity (Wildman–Crippen MR) is 79.2 cm³/mol. The lowest BCUT2D eigenvalue weighted by Crippen LogP contribution is -2.07. The third-order valence-corrected chi connectivity index (χ3v) is 2.82. The Morgan fingerprint density at radius 2 is 2.14 bits per heavy atom. The largest absolute Gasteiger partial charge is 0.433 e. The number of hydrogen-bond donors (Lipinski definition) is 0.